The number of hydrogen-bond acceptors (Lipinski definition) is 5. The lowest BCUT2D eigenvalue weighted by Crippen LogP contribution is -2.49. The molecule has 0 aliphatic carbocycles. The molecule has 0 radical (unpaired) electrons. The van der Waals surface area contributed by atoms with E-state index < -0.39 is 0 Å². The summed E-state index contributed by atoms with van der Waals surface area (Å²) < 4.78 is 5.67. The summed E-state index contributed by atoms with van der Waals surface area (Å²) in [5.74, 6) is 1.58. The number of nitrogens with zero attached hydrogens (tertiary/aromatic N) is 4. The lowest BCUT2D eigenvalue weighted by molar-refractivity contribution is 0.0715. The number of anilines is 1. The highest BCUT2D eigenvalue weighted by molar-refractivity contribution is 5.91. The standard InChI is InChI=1S/C19H18N4O2/c24-19(16-14-21-18(25-16)15-6-2-1-3-7-15)23-12-10-22(11-13-23)17-8-4-5-9-20-17/h1-9,14H,10-13H2. The predicted octanol–water partition coefficient (Wildman–Crippen LogP) is 2.70. The Labute approximate surface area is 145 Å². The molecule has 4 rings (SSSR count). The summed E-state index contributed by atoms with van der Waals surface area (Å²) >= 11 is 0. The van der Waals surface area contributed by atoms with Gasteiger partial charge in [0.05, 0.1) is 6.20 Å². The van der Waals surface area contributed by atoms with Gasteiger partial charge in [-0.25, -0.2) is 9.97 Å². The third-order valence-electron chi connectivity index (χ3n) is 4.28. The highest BCUT2D eigenvalue weighted by Gasteiger charge is 2.25. The molecular formula is C19H18N4O2. The van der Waals surface area contributed by atoms with Gasteiger partial charge in [0.2, 0.25) is 11.7 Å². The van der Waals surface area contributed by atoms with Crippen LogP contribution in [-0.2, 0) is 0 Å². The van der Waals surface area contributed by atoms with Crippen molar-refractivity contribution in [3.8, 4) is 11.5 Å². The van der Waals surface area contributed by atoms with Crippen LogP contribution < -0.4 is 4.90 Å². The zero-order chi connectivity index (χ0) is 17.1. The molecule has 1 aliphatic rings. The van der Waals surface area contributed by atoms with E-state index in [4.69, 9.17) is 4.42 Å². The fourth-order valence-corrected chi connectivity index (χ4v) is 2.92. The van der Waals surface area contributed by atoms with Crippen molar-refractivity contribution in [2.75, 3.05) is 31.1 Å². The van der Waals surface area contributed by atoms with E-state index in [0.717, 1.165) is 24.5 Å². The first-order valence-corrected chi connectivity index (χ1v) is 8.28. The first-order valence-electron chi connectivity index (χ1n) is 8.28. The molecule has 0 bridgehead atoms. The predicted molar refractivity (Wildman–Crippen MR) is 94.3 cm³/mol. The Morgan fingerprint density at radius 1 is 0.920 bits per heavy atom. The number of carbonyl (C=O) groups is 1. The molecule has 0 atom stereocenters. The number of hydrogen-bond donors (Lipinski definition) is 0. The highest BCUT2D eigenvalue weighted by atomic mass is 16.4. The van der Waals surface area contributed by atoms with Gasteiger partial charge < -0.3 is 14.2 Å². The maximum atomic E-state index is 12.6. The Kier molecular flexibility index (Phi) is 4.16. The van der Waals surface area contributed by atoms with Crippen LogP contribution in [0.4, 0.5) is 5.82 Å². The molecule has 1 amide bonds. The van der Waals surface area contributed by atoms with Crippen molar-refractivity contribution in [1.82, 2.24) is 14.9 Å². The zero-order valence-electron chi connectivity index (χ0n) is 13.7. The minimum absolute atomic E-state index is 0.115. The van der Waals surface area contributed by atoms with Gasteiger partial charge in [0.1, 0.15) is 5.82 Å². The first kappa shape index (κ1) is 15.4. The van der Waals surface area contributed by atoms with Crippen LogP contribution in [-0.4, -0.2) is 47.0 Å². The number of aromatic nitrogens is 2. The van der Waals surface area contributed by atoms with Gasteiger partial charge in [0.15, 0.2) is 0 Å². The molecule has 1 aromatic carbocycles. The third-order valence-corrected chi connectivity index (χ3v) is 4.28. The van der Waals surface area contributed by atoms with E-state index >= 15 is 0 Å². The molecule has 0 N–H and O–H groups in total. The summed E-state index contributed by atoms with van der Waals surface area (Å²) in [5.41, 5.74) is 0.863. The molecule has 0 saturated carbocycles. The first-order chi connectivity index (χ1) is 12.3. The van der Waals surface area contributed by atoms with E-state index in [1.54, 1.807) is 11.1 Å². The zero-order valence-corrected chi connectivity index (χ0v) is 13.7. The van der Waals surface area contributed by atoms with Gasteiger partial charge >= 0.3 is 0 Å². The fraction of sp³-hybridized carbons (Fsp3) is 0.211. The number of rotatable bonds is 3. The van der Waals surface area contributed by atoms with Crippen molar-refractivity contribution in [2.24, 2.45) is 0 Å². The molecule has 3 aromatic rings. The Hall–Kier alpha value is -3.15. The molecule has 25 heavy (non-hydrogen) atoms. The van der Waals surface area contributed by atoms with E-state index in [1.165, 1.54) is 6.20 Å². The van der Waals surface area contributed by atoms with Crippen molar-refractivity contribution >= 4 is 11.7 Å². The van der Waals surface area contributed by atoms with Gasteiger partial charge in [-0.1, -0.05) is 24.3 Å². The quantitative estimate of drug-likeness (QED) is 0.737. The second-order valence-corrected chi connectivity index (χ2v) is 5.86. The van der Waals surface area contributed by atoms with E-state index in [-0.39, 0.29) is 11.7 Å². The van der Waals surface area contributed by atoms with Gasteiger partial charge in [-0.05, 0) is 24.3 Å². The Morgan fingerprint density at radius 3 is 2.40 bits per heavy atom. The molecule has 3 heterocycles. The lowest BCUT2D eigenvalue weighted by Gasteiger charge is -2.34. The van der Waals surface area contributed by atoms with E-state index in [2.05, 4.69) is 14.9 Å². The average molecular weight is 334 g/mol. The van der Waals surface area contributed by atoms with Crippen LogP contribution >= 0.6 is 0 Å². The van der Waals surface area contributed by atoms with Crippen molar-refractivity contribution in [3.05, 3.63) is 66.7 Å². The summed E-state index contributed by atoms with van der Waals surface area (Å²) in [6, 6.07) is 15.4. The van der Waals surface area contributed by atoms with E-state index in [9.17, 15) is 4.79 Å². The number of piperazine rings is 1. The topological polar surface area (TPSA) is 62.5 Å². The average Bonchev–Trinajstić information content (AvgIpc) is 3.19. The van der Waals surface area contributed by atoms with E-state index in [1.807, 2.05) is 48.5 Å². The highest BCUT2D eigenvalue weighted by Crippen LogP contribution is 2.20. The smallest absolute Gasteiger partial charge is 0.291 e. The molecule has 6 heteroatoms. The number of benzene rings is 1. The van der Waals surface area contributed by atoms with Gasteiger partial charge in [-0.15, -0.1) is 0 Å². The number of amides is 1. The number of oxazole rings is 1. The third kappa shape index (κ3) is 3.24. The van der Waals surface area contributed by atoms with Crippen LogP contribution in [0.3, 0.4) is 0 Å². The molecule has 0 spiro atoms. The molecule has 1 saturated heterocycles. The van der Waals surface area contributed by atoms with Gasteiger partial charge in [-0.3, -0.25) is 4.79 Å². The van der Waals surface area contributed by atoms with Crippen molar-refractivity contribution < 1.29 is 9.21 Å². The summed E-state index contributed by atoms with van der Waals surface area (Å²) in [6.45, 7) is 2.78. The molecule has 1 aliphatic heterocycles. The Bertz CT molecular complexity index is 840. The SMILES string of the molecule is O=C(c1cnc(-c2ccccc2)o1)N1CCN(c2ccccn2)CC1. The molecule has 1 fully saturated rings. The van der Waals surface area contributed by atoms with Crippen molar-refractivity contribution in [3.63, 3.8) is 0 Å². The van der Waals surface area contributed by atoms with Crippen LogP contribution in [0, 0.1) is 0 Å². The van der Waals surface area contributed by atoms with E-state index in [0.29, 0.717) is 19.0 Å². The van der Waals surface area contributed by atoms with Gasteiger partial charge in [-0.2, -0.15) is 0 Å². The Balaban J connectivity index is 1.42. The minimum atomic E-state index is -0.115. The molecular weight excluding hydrogens is 316 g/mol. The van der Waals surface area contributed by atoms with Gasteiger partial charge in [0.25, 0.3) is 5.91 Å². The maximum Gasteiger partial charge on any atom is 0.291 e. The van der Waals surface area contributed by atoms with Crippen molar-refractivity contribution in [2.45, 2.75) is 0 Å². The number of carbonyl (C=O) groups excluding carboxylic acids is 1. The summed E-state index contributed by atoms with van der Waals surface area (Å²) in [5, 5.41) is 0. The van der Waals surface area contributed by atoms with Crippen LogP contribution in [0.5, 0.6) is 0 Å². The second kappa shape index (κ2) is 6.76. The fourth-order valence-electron chi connectivity index (χ4n) is 2.92. The minimum Gasteiger partial charge on any atom is -0.431 e. The van der Waals surface area contributed by atoms with Crippen LogP contribution in [0.15, 0.2) is 65.3 Å². The second-order valence-electron chi connectivity index (χ2n) is 5.86. The molecule has 2 aromatic heterocycles. The normalized spacial score (nSPS) is 14.6. The van der Waals surface area contributed by atoms with Crippen molar-refractivity contribution in [1.29, 1.82) is 0 Å². The molecule has 126 valence electrons. The summed E-state index contributed by atoms with van der Waals surface area (Å²) in [6.07, 6.45) is 3.29. The maximum absolute atomic E-state index is 12.6. The largest absolute Gasteiger partial charge is 0.431 e. The number of pyridine rings is 1. The summed E-state index contributed by atoms with van der Waals surface area (Å²) in [7, 11) is 0. The van der Waals surface area contributed by atoms with Crippen LogP contribution in [0.2, 0.25) is 0 Å². The van der Waals surface area contributed by atoms with Crippen LogP contribution in [0.25, 0.3) is 11.5 Å². The molecule has 0 unspecified atom stereocenters. The Morgan fingerprint density at radius 2 is 1.68 bits per heavy atom. The van der Waals surface area contributed by atoms with Crippen LogP contribution in [0.1, 0.15) is 10.6 Å². The summed E-state index contributed by atoms with van der Waals surface area (Å²) in [4.78, 5) is 25.2. The van der Waals surface area contributed by atoms with Gasteiger partial charge in [0, 0.05) is 37.9 Å². The molecule has 6 nitrogen and oxygen atoms in total. The monoisotopic (exact) mass is 334 g/mol. The lowest BCUT2D eigenvalue weighted by atomic mass is 10.2.